The normalized spacial score (nSPS) is 14.4. The zero-order chi connectivity index (χ0) is 51.3. The standard InChI is InChI=1S/C60H98NO8P/c1-6-8-10-12-14-16-18-20-21-22-23-24-25-26-27-28-29-30-31-32-33-34-35-36-37-38-39-41-43-45-47-49-51-53-60(63)69-58(57-68-70(64,65)67-55-54-61(3,4)5)56-66-59(62)52-50-48-46-44-42-40-19-17-15-13-11-9-7-2/h8-11,14-17,20-21,23-24,26-27,29-30,32-33,35-36,40,42,58H,6-7,12-13,18-19,22,25,28,31,34,37-39,41,43-57H2,1-5H3/p+1/b10-8-,11-9-,16-14-,17-15-,21-20-,24-23-,27-26-,30-29-,33-32-,36-35-,42-40-. The van der Waals surface area contributed by atoms with Crippen molar-refractivity contribution in [3.05, 3.63) is 134 Å². The SMILES string of the molecule is CC/C=C\C/C=C\C/C=C\C/C=C\C/C=C\C/C=C\C/C=C\C/C=C\CCCCCCCCCCC(=O)OC(COC(=O)CCCCC/C=C\C/C=C\C/C=C\CC)COP(=O)(O)OCC[N+](C)(C)C. The molecule has 1 N–H and O–H groups in total. The lowest BCUT2D eigenvalue weighted by Crippen LogP contribution is -2.37. The average Bonchev–Trinajstić information content (AvgIpc) is 3.32. The number of carbonyl (C=O) groups excluding carboxylic acids is 2. The second-order valence-corrected chi connectivity index (χ2v) is 19.9. The fraction of sp³-hybridized carbons (Fsp3) is 0.600. The number of nitrogens with zero attached hydrogens (tertiary/aromatic N) is 1. The molecule has 0 amide bonds. The quantitative estimate of drug-likeness (QED) is 0.0211. The molecule has 0 radical (unpaired) electrons. The van der Waals surface area contributed by atoms with Crippen molar-refractivity contribution in [2.75, 3.05) is 47.5 Å². The molecule has 396 valence electrons. The summed E-state index contributed by atoms with van der Waals surface area (Å²) in [4.78, 5) is 35.5. The summed E-state index contributed by atoms with van der Waals surface area (Å²) in [6.07, 6.45) is 72.4. The van der Waals surface area contributed by atoms with Crippen molar-refractivity contribution in [2.45, 2.75) is 187 Å². The monoisotopic (exact) mass is 993 g/mol. The molecule has 0 aromatic heterocycles. The van der Waals surface area contributed by atoms with Gasteiger partial charge < -0.3 is 18.9 Å². The highest BCUT2D eigenvalue weighted by atomic mass is 31.2. The number of phosphoric ester groups is 1. The Morgan fingerprint density at radius 1 is 0.443 bits per heavy atom. The molecule has 10 heteroatoms. The summed E-state index contributed by atoms with van der Waals surface area (Å²) in [5.74, 6) is -0.855. The topological polar surface area (TPSA) is 108 Å². The number of esters is 2. The van der Waals surface area contributed by atoms with Crippen LogP contribution in [0.4, 0.5) is 0 Å². The van der Waals surface area contributed by atoms with E-state index in [4.69, 9.17) is 18.5 Å². The maximum absolute atomic E-state index is 12.8. The molecule has 0 aromatic rings. The number of ether oxygens (including phenoxy) is 2. The van der Waals surface area contributed by atoms with E-state index in [0.717, 1.165) is 116 Å². The van der Waals surface area contributed by atoms with Crippen LogP contribution in [-0.2, 0) is 32.7 Å². The third-order valence-corrected chi connectivity index (χ3v) is 11.7. The minimum absolute atomic E-state index is 0.0174. The van der Waals surface area contributed by atoms with Gasteiger partial charge in [0.2, 0.25) is 0 Å². The van der Waals surface area contributed by atoms with Crippen LogP contribution >= 0.6 is 7.82 Å². The van der Waals surface area contributed by atoms with Gasteiger partial charge in [-0.3, -0.25) is 18.6 Å². The van der Waals surface area contributed by atoms with Crippen molar-refractivity contribution in [3.8, 4) is 0 Å². The van der Waals surface area contributed by atoms with Crippen LogP contribution in [0.5, 0.6) is 0 Å². The van der Waals surface area contributed by atoms with Crippen molar-refractivity contribution >= 4 is 19.8 Å². The summed E-state index contributed by atoms with van der Waals surface area (Å²) >= 11 is 0. The molecular formula is C60H99NO8P+. The van der Waals surface area contributed by atoms with E-state index in [1.165, 1.54) is 25.7 Å². The summed E-state index contributed by atoms with van der Waals surface area (Å²) in [5, 5.41) is 0. The number of rotatable bonds is 47. The van der Waals surface area contributed by atoms with Gasteiger partial charge >= 0.3 is 19.8 Å². The third kappa shape index (κ3) is 53.5. The Balaban J connectivity index is 4.21. The van der Waals surface area contributed by atoms with Gasteiger partial charge in [0, 0.05) is 12.8 Å². The molecule has 0 aliphatic rings. The highest BCUT2D eigenvalue weighted by Gasteiger charge is 2.27. The molecule has 0 rings (SSSR count). The van der Waals surface area contributed by atoms with Gasteiger partial charge in [-0.1, -0.05) is 192 Å². The van der Waals surface area contributed by atoms with Gasteiger partial charge in [-0.05, 0) is 109 Å². The summed E-state index contributed by atoms with van der Waals surface area (Å²) in [6, 6.07) is 0. The van der Waals surface area contributed by atoms with E-state index < -0.39 is 32.5 Å². The molecule has 0 aliphatic carbocycles. The molecule has 0 aliphatic heterocycles. The minimum atomic E-state index is -4.40. The molecule has 0 aromatic carbocycles. The first-order valence-electron chi connectivity index (χ1n) is 26.9. The number of likely N-dealkylation sites (N-methyl/N-ethyl adjacent to an activating group) is 1. The van der Waals surface area contributed by atoms with Crippen LogP contribution in [0.2, 0.25) is 0 Å². The Morgan fingerprint density at radius 3 is 1.16 bits per heavy atom. The minimum Gasteiger partial charge on any atom is -0.462 e. The second-order valence-electron chi connectivity index (χ2n) is 18.5. The highest BCUT2D eigenvalue weighted by Crippen LogP contribution is 2.43. The molecular weight excluding hydrogens is 894 g/mol. The second kappa shape index (κ2) is 50.1. The number of hydrogen-bond donors (Lipinski definition) is 1. The fourth-order valence-electron chi connectivity index (χ4n) is 6.57. The first kappa shape index (κ1) is 66.2. The smallest absolute Gasteiger partial charge is 0.462 e. The summed E-state index contributed by atoms with van der Waals surface area (Å²) in [5.41, 5.74) is 0. The Morgan fingerprint density at radius 2 is 0.771 bits per heavy atom. The van der Waals surface area contributed by atoms with Crippen LogP contribution in [0.1, 0.15) is 181 Å². The molecule has 9 nitrogen and oxygen atoms in total. The maximum atomic E-state index is 12.8. The van der Waals surface area contributed by atoms with E-state index in [1.54, 1.807) is 0 Å². The van der Waals surface area contributed by atoms with Gasteiger partial charge in [-0.2, -0.15) is 0 Å². The average molecular weight is 993 g/mol. The summed E-state index contributed by atoms with van der Waals surface area (Å²) < 4.78 is 34.4. The Kier molecular flexibility index (Phi) is 47.3. The predicted molar refractivity (Wildman–Crippen MR) is 297 cm³/mol. The fourth-order valence-corrected chi connectivity index (χ4v) is 7.31. The van der Waals surface area contributed by atoms with Crippen LogP contribution in [0.25, 0.3) is 0 Å². The van der Waals surface area contributed by atoms with Crippen molar-refractivity contribution in [3.63, 3.8) is 0 Å². The van der Waals surface area contributed by atoms with Crippen LogP contribution in [-0.4, -0.2) is 74.9 Å². The van der Waals surface area contributed by atoms with Gasteiger partial charge in [0.15, 0.2) is 6.10 Å². The molecule has 0 saturated carbocycles. The Bertz CT molecular complexity index is 1640. The van der Waals surface area contributed by atoms with E-state index in [2.05, 4.69) is 148 Å². The highest BCUT2D eigenvalue weighted by molar-refractivity contribution is 7.47. The van der Waals surface area contributed by atoms with Gasteiger partial charge in [-0.15, -0.1) is 0 Å². The molecule has 70 heavy (non-hydrogen) atoms. The van der Waals surface area contributed by atoms with Crippen LogP contribution in [0.15, 0.2) is 134 Å². The lowest BCUT2D eigenvalue weighted by Gasteiger charge is -2.24. The molecule has 0 fully saturated rings. The number of quaternary nitrogens is 1. The van der Waals surface area contributed by atoms with E-state index >= 15 is 0 Å². The predicted octanol–water partition coefficient (Wildman–Crippen LogP) is 16.6. The lowest BCUT2D eigenvalue weighted by molar-refractivity contribution is -0.870. The summed E-state index contributed by atoms with van der Waals surface area (Å²) in [7, 11) is 1.43. The molecule has 0 saturated heterocycles. The van der Waals surface area contributed by atoms with E-state index in [-0.39, 0.29) is 26.1 Å². The van der Waals surface area contributed by atoms with E-state index in [1.807, 2.05) is 21.1 Å². The lowest BCUT2D eigenvalue weighted by atomic mass is 10.1. The largest absolute Gasteiger partial charge is 0.472 e. The molecule has 2 atom stereocenters. The molecule has 2 unspecified atom stereocenters. The summed E-state index contributed by atoms with van der Waals surface area (Å²) in [6.45, 7) is 4.12. The van der Waals surface area contributed by atoms with E-state index in [9.17, 15) is 19.0 Å². The zero-order valence-electron chi connectivity index (χ0n) is 44.7. The number of carbonyl (C=O) groups is 2. The van der Waals surface area contributed by atoms with Crippen molar-refractivity contribution in [1.29, 1.82) is 0 Å². The van der Waals surface area contributed by atoms with Gasteiger partial charge in [0.1, 0.15) is 19.8 Å². The Labute approximate surface area is 428 Å². The van der Waals surface area contributed by atoms with Crippen molar-refractivity contribution in [2.24, 2.45) is 0 Å². The molecule has 0 spiro atoms. The Hall–Kier alpha value is -3.85. The van der Waals surface area contributed by atoms with Crippen molar-refractivity contribution in [1.82, 2.24) is 0 Å². The number of phosphoric acid groups is 1. The molecule has 0 heterocycles. The van der Waals surface area contributed by atoms with E-state index in [0.29, 0.717) is 23.9 Å². The van der Waals surface area contributed by atoms with Crippen LogP contribution in [0, 0.1) is 0 Å². The van der Waals surface area contributed by atoms with Crippen molar-refractivity contribution < 1.29 is 42.1 Å². The zero-order valence-corrected chi connectivity index (χ0v) is 45.6. The first-order chi connectivity index (χ1) is 34.0. The van der Waals surface area contributed by atoms with Gasteiger partial charge in [0.05, 0.1) is 27.7 Å². The molecule has 0 bridgehead atoms. The number of allylic oxidation sites excluding steroid dienone is 22. The van der Waals surface area contributed by atoms with Crippen LogP contribution in [0.3, 0.4) is 0 Å². The van der Waals surface area contributed by atoms with Gasteiger partial charge in [0.25, 0.3) is 0 Å². The van der Waals surface area contributed by atoms with Gasteiger partial charge in [-0.25, -0.2) is 4.57 Å². The maximum Gasteiger partial charge on any atom is 0.472 e. The first-order valence-corrected chi connectivity index (χ1v) is 28.4. The number of unbranched alkanes of at least 4 members (excludes halogenated alkanes) is 11. The third-order valence-electron chi connectivity index (χ3n) is 10.7. The van der Waals surface area contributed by atoms with Crippen LogP contribution < -0.4 is 0 Å². The number of hydrogen-bond acceptors (Lipinski definition) is 7.